The van der Waals surface area contributed by atoms with Crippen molar-refractivity contribution in [2.24, 2.45) is 0 Å². The summed E-state index contributed by atoms with van der Waals surface area (Å²) in [6.45, 7) is 2.35. The fourth-order valence-electron chi connectivity index (χ4n) is 1.36. The van der Waals surface area contributed by atoms with E-state index in [9.17, 15) is 0 Å². The third-order valence-electron chi connectivity index (χ3n) is 2.04. The summed E-state index contributed by atoms with van der Waals surface area (Å²) in [6, 6.07) is 2.18. The van der Waals surface area contributed by atoms with E-state index >= 15 is 0 Å². The summed E-state index contributed by atoms with van der Waals surface area (Å²) >= 11 is 2.02. The molecular formula is C9H16N2S. The molecule has 1 aliphatic heterocycles. The zero-order chi connectivity index (χ0) is 8.65. The van der Waals surface area contributed by atoms with Gasteiger partial charge in [-0.05, 0) is 31.6 Å². The van der Waals surface area contributed by atoms with Crippen molar-refractivity contribution in [3.05, 3.63) is 0 Å². The van der Waals surface area contributed by atoms with Gasteiger partial charge in [0.05, 0.1) is 6.07 Å². The van der Waals surface area contributed by atoms with Gasteiger partial charge in [-0.3, -0.25) is 0 Å². The standard InChI is InChI=1S/C9H16N2S/c10-5-1-2-7-12-9-4-3-6-11-8-9/h9,11H,1-4,6-8H2. The molecule has 0 aromatic heterocycles. The highest BCUT2D eigenvalue weighted by molar-refractivity contribution is 7.99. The number of hydrogen-bond acceptors (Lipinski definition) is 3. The minimum Gasteiger partial charge on any atom is -0.316 e. The van der Waals surface area contributed by atoms with E-state index in [1.165, 1.54) is 19.4 Å². The van der Waals surface area contributed by atoms with Crippen LogP contribution in [0.1, 0.15) is 25.7 Å². The maximum atomic E-state index is 8.33. The maximum Gasteiger partial charge on any atom is 0.0622 e. The zero-order valence-corrected chi connectivity index (χ0v) is 8.20. The summed E-state index contributed by atoms with van der Waals surface area (Å²) in [5.74, 6) is 1.15. The summed E-state index contributed by atoms with van der Waals surface area (Å²) in [5, 5.41) is 12.5. The predicted molar refractivity (Wildman–Crippen MR) is 53.2 cm³/mol. The van der Waals surface area contributed by atoms with Crippen LogP contribution in [0.5, 0.6) is 0 Å². The molecule has 0 aromatic carbocycles. The molecule has 0 saturated carbocycles. The number of piperidine rings is 1. The van der Waals surface area contributed by atoms with Crippen LogP contribution < -0.4 is 5.32 Å². The summed E-state index contributed by atoms with van der Waals surface area (Å²) in [6.07, 6.45) is 4.44. The van der Waals surface area contributed by atoms with Gasteiger partial charge < -0.3 is 5.32 Å². The highest BCUT2D eigenvalue weighted by Gasteiger charge is 2.11. The van der Waals surface area contributed by atoms with E-state index in [0.717, 1.165) is 24.0 Å². The molecule has 12 heavy (non-hydrogen) atoms. The molecule has 0 bridgehead atoms. The third kappa shape index (κ3) is 3.99. The Morgan fingerprint density at radius 3 is 3.17 bits per heavy atom. The molecule has 1 fully saturated rings. The molecule has 0 spiro atoms. The molecule has 0 radical (unpaired) electrons. The van der Waals surface area contributed by atoms with Crippen LogP contribution in [-0.2, 0) is 0 Å². The van der Waals surface area contributed by atoms with Crippen LogP contribution >= 0.6 is 11.8 Å². The second-order valence-corrected chi connectivity index (χ2v) is 4.51. The van der Waals surface area contributed by atoms with E-state index in [4.69, 9.17) is 5.26 Å². The molecule has 1 N–H and O–H groups in total. The lowest BCUT2D eigenvalue weighted by molar-refractivity contribution is 0.531. The summed E-state index contributed by atoms with van der Waals surface area (Å²) < 4.78 is 0. The molecule has 1 rings (SSSR count). The first-order valence-corrected chi connectivity index (χ1v) is 5.67. The molecule has 1 unspecified atom stereocenters. The van der Waals surface area contributed by atoms with Crippen molar-refractivity contribution in [2.45, 2.75) is 30.9 Å². The van der Waals surface area contributed by atoms with Crippen LogP contribution in [0.4, 0.5) is 0 Å². The molecule has 1 aliphatic rings. The monoisotopic (exact) mass is 184 g/mol. The van der Waals surface area contributed by atoms with Gasteiger partial charge >= 0.3 is 0 Å². The quantitative estimate of drug-likeness (QED) is 0.676. The third-order valence-corrected chi connectivity index (χ3v) is 3.44. The molecule has 1 saturated heterocycles. The van der Waals surface area contributed by atoms with Gasteiger partial charge in [-0.25, -0.2) is 0 Å². The second-order valence-electron chi connectivity index (χ2n) is 3.10. The molecule has 1 heterocycles. The summed E-state index contributed by atoms with van der Waals surface area (Å²) in [7, 11) is 0. The van der Waals surface area contributed by atoms with Gasteiger partial charge in [-0.15, -0.1) is 0 Å². The average molecular weight is 184 g/mol. The molecule has 3 heteroatoms. The lowest BCUT2D eigenvalue weighted by Crippen LogP contribution is -2.31. The Hall–Kier alpha value is -0.200. The molecular weight excluding hydrogens is 168 g/mol. The highest BCUT2D eigenvalue weighted by Crippen LogP contribution is 2.19. The van der Waals surface area contributed by atoms with Crippen LogP contribution in [0, 0.1) is 11.3 Å². The topological polar surface area (TPSA) is 35.8 Å². The zero-order valence-electron chi connectivity index (χ0n) is 7.38. The predicted octanol–water partition coefficient (Wildman–Crippen LogP) is 1.78. The number of rotatable bonds is 4. The van der Waals surface area contributed by atoms with E-state index < -0.39 is 0 Å². The Bertz CT molecular complexity index is 147. The highest BCUT2D eigenvalue weighted by atomic mass is 32.2. The first kappa shape index (κ1) is 9.88. The van der Waals surface area contributed by atoms with Crippen molar-refractivity contribution in [1.82, 2.24) is 5.32 Å². The Morgan fingerprint density at radius 2 is 2.50 bits per heavy atom. The van der Waals surface area contributed by atoms with Crippen molar-refractivity contribution >= 4 is 11.8 Å². The fourth-order valence-corrected chi connectivity index (χ4v) is 2.58. The van der Waals surface area contributed by atoms with E-state index in [1.807, 2.05) is 11.8 Å². The average Bonchev–Trinajstić information content (AvgIpc) is 2.14. The van der Waals surface area contributed by atoms with Gasteiger partial charge in [0, 0.05) is 18.2 Å². The van der Waals surface area contributed by atoms with E-state index in [2.05, 4.69) is 11.4 Å². The SMILES string of the molecule is N#CCCCSC1CCCNC1. The molecule has 2 nitrogen and oxygen atoms in total. The largest absolute Gasteiger partial charge is 0.316 e. The van der Waals surface area contributed by atoms with Crippen LogP contribution in [0.15, 0.2) is 0 Å². The smallest absolute Gasteiger partial charge is 0.0622 e. The van der Waals surface area contributed by atoms with Gasteiger partial charge in [-0.2, -0.15) is 17.0 Å². The van der Waals surface area contributed by atoms with Crippen molar-refractivity contribution < 1.29 is 0 Å². The maximum absolute atomic E-state index is 8.33. The number of hydrogen-bond donors (Lipinski definition) is 1. The van der Waals surface area contributed by atoms with Crippen molar-refractivity contribution in [1.29, 1.82) is 5.26 Å². The molecule has 68 valence electrons. The second kappa shape index (κ2) is 6.33. The lowest BCUT2D eigenvalue weighted by atomic mass is 10.2. The molecule has 0 aliphatic carbocycles. The van der Waals surface area contributed by atoms with Gasteiger partial charge in [0.2, 0.25) is 0 Å². The fraction of sp³-hybridized carbons (Fsp3) is 0.889. The Kier molecular flexibility index (Phi) is 5.21. The van der Waals surface area contributed by atoms with Crippen LogP contribution in [0.3, 0.4) is 0 Å². The van der Waals surface area contributed by atoms with E-state index in [-0.39, 0.29) is 0 Å². The Balaban J connectivity index is 1.95. The number of nitrogens with zero attached hydrogens (tertiary/aromatic N) is 1. The summed E-state index contributed by atoms with van der Waals surface area (Å²) in [4.78, 5) is 0. The summed E-state index contributed by atoms with van der Waals surface area (Å²) in [5.41, 5.74) is 0. The van der Waals surface area contributed by atoms with E-state index in [1.54, 1.807) is 0 Å². The van der Waals surface area contributed by atoms with Gasteiger partial charge in [0.1, 0.15) is 0 Å². The molecule has 0 amide bonds. The van der Waals surface area contributed by atoms with Gasteiger partial charge in [0.15, 0.2) is 0 Å². The number of unbranched alkanes of at least 4 members (excludes halogenated alkanes) is 1. The minimum absolute atomic E-state index is 0.715. The minimum atomic E-state index is 0.715. The van der Waals surface area contributed by atoms with Gasteiger partial charge in [-0.1, -0.05) is 0 Å². The lowest BCUT2D eigenvalue weighted by Gasteiger charge is -2.21. The van der Waals surface area contributed by atoms with Crippen molar-refractivity contribution in [3.8, 4) is 6.07 Å². The van der Waals surface area contributed by atoms with Crippen LogP contribution in [0.2, 0.25) is 0 Å². The van der Waals surface area contributed by atoms with E-state index in [0.29, 0.717) is 6.42 Å². The molecule has 1 atom stereocenters. The van der Waals surface area contributed by atoms with Gasteiger partial charge in [0.25, 0.3) is 0 Å². The van der Waals surface area contributed by atoms with Crippen molar-refractivity contribution in [2.75, 3.05) is 18.8 Å². The van der Waals surface area contributed by atoms with Crippen LogP contribution in [0.25, 0.3) is 0 Å². The Labute approximate surface area is 78.7 Å². The number of thioether (sulfide) groups is 1. The normalized spacial score (nSPS) is 23.4. The van der Waals surface area contributed by atoms with Crippen LogP contribution in [-0.4, -0.2) is 24.1 Å². The first-order chi connectivity index (χ1) is 5.93. The number of nitrogens with one attached hydrogen (secondary N) is 1. The number of nitriles is 1. The Morgan fingerprint density at radius 1 is 1.58 bits per heavy atom. The first-order valence-electron chi connectivity index (χ1n) is 4.63. The van der Waals surface area contributed by atoms with Crippen molar-refractivity contribution in [3.63, 3.8) is 0 Å². The molecule has 0 aromatic rings.